The van der Waals surface area contributed by atoms with E-state index in [0.717, 1.165) is 24.0 Å². The van der Waals surface area contributed by atoms with Gasteiger partial charge in [0.25, 0.3) is 0 Å². The van der Waals surface area contributed by atoms with Crippen molar-refractivity contribution in [1.29, 1.82) is 0 Å². The number of anilines is 1. The van der Waals surface area contributed by atoms with Crippen LogP contribution < -0.4 is 4.72 Å². The normalized spacial score (nSPS) is 23.4. The van der Waals surface area contributed by atoms with Crippen molar-refractivity contribution in [2.24, 2.45) is 11.3 Å². The Morgan fingerprint density at radius 3 is 2.40 bits per heavy atom. The lowest BCUT2D eigenvalue weighted by Gasteiger charge is -2.52. The van der Waals surface area contributed by atoms with Crippen molar-refractivity contribution in [3.63, 3.8) is 0 Å². The van der Waals surface area contributed by atoms with Gasteiger partial charge < -0.3 is 4.90 Å². The van der Waals surface area contributed by atoms with Crippen LogP contribution in [0.15, 0.2) is 85.5 Å². The van der Waals surface area contributed by atoms with E-state index in [2.05, 4.69) is 11.3 Å². The summed E-state index contributed by atoms with van der Waals surface area (Å²) in [7, 11) is -3.89. The largest absolute Gasteiger partial charge is 0.331 e. The molecule has 0 aromatic heterocycles. The van der Waals surface area contributed by atoms with Gasteiger partial charge in [0.05, 0.1) is 22.9 Å². The van der Waals surface area contributed by atoms with E-state index in [1.165, 1.54) is 18.2 Å². The highest BCUT2D eigenvalue weighted by atomic mass is 35.5. The number of allylic oxidation sites excluding steroid dienone is 1. The van der Waals surface area contributed by atoms with E-state index in [9.17, 15) is 17.6 Å². The molecular weight excluding hydrogens is 594 g/mol. The summed E-state index contributed by atoms with van der Waals surface area (Å²) in [5.41, 5.74) is 1.11. The van der Waals surface area contributed by atoms with Crippen LogP contribution in [-0.4, -0.2) is 31.0 Å². The minimum Gasteiger partial charge on any atom is -0.331 e. The molecule has 222 valence electrons. The highest BCUT2D eigenvalue weighted by molar-refractivity contribution is 7.92. The summed E-state index contributed by atoms with van der Waals surface area (Å²) >= 11 is 12.7. The second kappa shape index (κ2) is 12.4. The lowest BCUT2D eigenvalue weighted by molar-refractivity contribution is -0.155. The van der Waals surface area contributed by atoms with Gasteiger partial charge >= 0.3 is 0 Å². The Bertz CT molecular complexity index is 1560. The first-order valence-corrected chi connectivity index (χ1v) is 16.6. The number of hydrogen-bond donors (Lipinski definition) is 1. The summed E-state index contributed by atoms with van der Waals surface area (Å²) in [5, 5.41) is 1.20. The number of halogens is 3. The number of amides is 1. The Morgan fingerprint density at radius 2 is 1.76 bits per heavy atom. The molecule has 1 amide bonds. The molecule has 5 rings (SSSR count). The minimum atomic E-state index is -3.89. The Labute approximate surface area is 257 Å². The average Bonchev–Trinajstić information content (AvgIpc) is 3.78. The highest BCUT2D eigenvalue weighted by Gasteiger charge is 2.53. The zero-order chi connectivity index (χ0) is 30.1. The summed E-state index contributed by atoms with van der Waals surface area (Å²) in [6, 6.07) is 20.3. The number of para-hydroxylation sites is 1. The topological polar surface area (TPSA) is 66.5 Å². The molecule has 5 nitrogen and oxygen atoms in total. The molecule has 9 heteroatoms. The van der Waals surface area contributed by atoms with E-state index in [0.29, 0.717) is 22.9 Å². The van der Waals surface area contributed by atoms with Gasteiger partial charge in [-0.15, -0.1) is 6.58 Å². The van der Waals surface area contributed by atoms with Gasteiger partial charge in [-0.2, -0.15) is 0 Å². The van der Waals surface area contributed by atoms with Gasteiger partial charge in [0, 0.05) is 22.0 Å². The number of nitrogens with one attached hydrogen (secondary N) is 1. The summed E-state index contributed by atoms with van der Waals surface area (Å²) in [6.45, 7) is 5.91. The highest BCUT2D eigenvalue weighted by Crippen LogP contribution is 2.54. The van der Waals surface area contributed by atoms with Crippen molar-refractivity contribution in [2.45, 2.75) is 57.0 Å². The molecular formula is C33H35Cl2FN2O3S. The lowest BCUT2D eigenvalue weighted by atomic mass is 9.67. The molecule has 2 fully saturated rings. The lowest BCUT2D eigenvalue weighted by Crippen LogP contribution is -2.56. The van der Waals surface area contributed by atoms with E-state index < -0.39 is 21.3 Å². The van der Waals surface area contributed by atoms with Gasteiger partial charge in [-0.25, -0.2) is 12.8 Å². The second-order valence-corrected chi connectivity index (χ2v) is 14.4. The number of carbonyl (C=O) groups excluding carboxylic acids is 1. The van der Waals surface area contributed by atoms with Gasteiger partial charge in [-0.1, -0.05) is 72.6 Å². The quantitative estimate of drug-likeness (QED) is 0.217. The maximum atomic E-state index is 14.6. The molecule has 2 aliphatic rings. The van der Waals surface area contributed by atoms with E-state index >= 15 is 0 Å². The fraction of sp³-hybridized carbons (Fsp3) is 0.364. The predicted octanol–water partition coefficient (Wildman–Crippen LogP) is 8.38. The molecule has 0 unspecified atom stereocenters. The van der Waals surface area contributed by atoms with Gasteiger partial charge in [-0.3, -0.25) is 9.52 Å². The van der Waals surface area contributed by atoms with Crippen molar-refractivity contribution >= 4 is 44.8 Å². The molecule has 0 bridgehead atoms. The van der Waals surface area contributed by atoms with Crippen LogP contribution in [0.25, 0.3) is 0 Å². The first-order valence-electron chi connectivity index (χ1n) is 14.2. The number of rotatable bonds is 11. The Kier molecular flexibility index (Phi) is 9.02. The zero-order valence-corrected chi connectivity index (χ0v) is 25.8. The van der Waals surface area contributed by atoms with Crippen LogP contribution in [0.4, 0.5) is 10.1 Å². The van der Waals surface area contributed by atoms with Crippen LogP contribution in [0.2, 0.25) is 10.0 Å². The van der Waals surface area contributed by atoms with Crippen LogP contribution in [0.3, 0.4) is 0 Å². The molecule has 1 aliphatic heterocycles. The fourth-order valence-electron chi connectivity index (χ4n) is 6.37. The Hall–Kier alpha value is -2.87. The van der Waals surface area contributed by atoms with Crippen LogP contribution in [0, 0.1) is 17.2 Å². The Balaban J connectivity index is 1.56. The molecule has 1 saturated carbocycles. The van der Waals surface area contributed by atoms with Crippen molar-refractivity contribution < 1.29 is 17.6 Å². The van der Waals surface area contributed by atoms with Crippen LogP contribution >= 0.6 is 23.2 Å². The smallest absolute Gasteiger partial charge is 0.232 e. The predicted molar refractivity (Wildman–Crippen MR) is 168 cm³/mol. The second-order valence-electron chi connectivity index (χ2n) is 11.7. The number of carbonyl (C=O) groups is 1. The SMILES string of the molecule is C=CC[C@@]1(C)C[C@H](c2cccc(Cl)c2)[C@@H](c2ccc(Cl)cc2)N([C@@H](CCS(=O)(=O)Nc2ccccc2F)C2CC2)C1=O. The standard InChI is InChI=1S/C33H35Cl2FN2O3S/c1-3-18-33(2)21-27(24-7-6-8-26(35)20-24)31(23-13-15-25(34)16-14-23)38(32(33)39)30(22-11-12-22)17-19-42(40,41)37-29-10-5-4-9-28(29)36/h3-10,13-16,20,22,27,30-31,37H,1,11-12,17-19,21H2,2H3/t27-,30+,31-,33+/m1/s1. The third-order valence-electron chi connectivity index (χ3n) is 8.53. The number of benzene rings is 3. The summed E-state index contributed by atoms with van der Waals surface area (Å²) in [4.78, 5) is 16.5. The molecule has 4 atom stereocenters. The number of likely N-dealkylation sites (tertiary alicyclic amines) is 1. The van der Waals surface area contributed by atoms with Gasteiger partial charge in [0.15, 0.2) is 0 Å². The maximum absolute atomic E-state index is 14.6. The molecule has 0 spiro atoms. The van der Waals surface area contributed by atoms with Crippen LogP contribution in [-0.2, 0) is 14.8 Å². The van der Waals surface area contributed by atoms with Gasteiger partial charge in [0.2, 0.25) is 15.9 Å². The molecule has 1 N–H and O–H groups in total. The molecule has 1 aliphatic carbocycles. The maximum Gasteiger partial charge on any atom is 0.232 e. The first-order chi connectivity index (χ1) is 20.0. The van der Waals surface area contributed by atoms with Crippen molar-refractivity contribution in [3.05, 3.63) is 112 Å². The monoisotopic (exact) mass is 628 g/mol. The van der Waals surface area contributed by atoms with Crippen LogP contribution in [0.1, 0.15) is 62.1 Å². The molecule has 42 heavy (non-hydrogen) atoms. The third-order valence-corrected chi connectivity index (χ3v) is 10.3. The average molecular weight is 630 g/mol. The van der Waals surface area contributed by atoms with Crippen LogP contribution in [0.5, 0.6) is 0 Å². The van der Waals surface area contributed by atoms with E-state index in [1.807, 2.05) is 60.4 Å². The van der Waals surface area contributed by atoms with Gasteiger partial charge in [-0.05, 0) is 85.5 Å². The zero-order valence-electron chi connectivity index (χ0n) is 23.5. The number of nitrogens with zero attached hydrogens (tertiary/aromatic N) is 1. The summed E-state index contributed by atoms with van der Waals surface area (Å²) in [5.74, 6) is -0.851. The van der Waals surface area contributed by atoms with E-state index in [1.54, 1.807) is 12.1 Å². The fourth-order valence-corrected chi connectivity index (χ4v) is 7.85. The molecule has 1 saturated heterocycles. The third kappa shape index (κ3) is 6.69. The van der Waals surface area contributed by atoms with E-state index in [-0.39, 0.29) is 47.7 Å². The van der Waals surface area contributed by atoms with Crippen molar-refractivity contribution in [3.8, 4) is 0 Å². The number of piperidine rings is 1. The number of hydrogen-bond acceptors (Lipinski definition) is 3. The summed E-state index contributed by atoms with van der Waals surface area (Å²) in [6.07, 6.45) is 4.87. The molecule has 1 heterocycles. The number of sulfonamides is 1. The van der Waals surface area contributed by atoms with Crippen molar-refractivity contribution in [1.82, 2.24) is 4.90 Å². The molecule has 0 radical (unpaired) electrons. The Morgan fingerprint density at radius 1 is 1.05 bits per heavy atom. The minimum absolute atomic E-state index is 0.0167. The van der Waals surface area contributed by atoms with Gasteiger partial charge in [0.1, 0.15) is 5.82 Å². The first kappa shape index (κ1) is 30.6. The van der Waals surface area contributed by atoms with E-state index in [4.69, 9.17) is 23.2 Å². The molecule has 3 aromatic carbocycles. The molecule has 3 aromatic rings. The summed E-state index contributed by atoms with van der Waals surface area (Å²) < 4.78 is 43.0. The van der Waals surface area contributed by atoms with Crippen molar-refractivity contribution in [2.75, 3.05) is 10.5 Å².